The van der Waals surface area contributed by atoms with Crippen molar-refractivity contribution in [2.75, 3.05) is 6.54 Å². The highest BCUT2D eigenvalue weighted by Gasteiger charge is 2.33. The molecular formula is C21H18F4N4O2. The van der Waals surface area contributed by atoms with E-state index in [1.807, 2.05) is 0 Å². The third-order valence-electron chi connectivity index (χ3n) is 4.96. The number of rotatable bonds is 6. The summed E-state index contributed by atoms with van der Waals surface area (Å²) in [7, 11) is 0. The summed E-state index contributed by atoms with van der Waals surface area (Å²) in [5, 5.41) is 6.75. The number of benzene rings is 2. The van der Waals surface area contributed by atoms with E-state index in [0.29, 0.717) is 0 Å². The number of hydrogen-bond donors (Lipinski definition) is 1. The molecule has 1 heterocycles. The van der Waals surface area contributed by atoms with Crippen LogP contribution in [0.25, 0.3) is 11.4 Å². The second-order valence-electron chi connectivity index (χ2n) is 7.24. The fourth-order valence-corrected chi connectivity index (χ4v) is 3.28. The predicted molar refractivity (Wildman–Crippen MR) is 104 cm³/mol. The average Bonchev–Trinajstić information content (AvgIpc) is 3.51. The molecule has 1 aromatic heterocycles. The van der Waals surface area contributed by atoms with E-state index < -0.39 is 29.2 Å². The zero-order chi connectivity index (χ0) is 22.2. The van der Waals surface area contributed by atoms with Crippen molar-refractivity contribution in [3.63, 3.8) is 0 Å². The second kappa shape index (κ2) is 8.01. The molecule has 0 saturated heterocycles. The number of halogens is 4. The minimum absolute atomic E-state index is 0.00319. The number of alkyl halides is 3. The summed E-state index contributed by atoms with van der Waals surface area (Å²) in [5.41, 5.74) is -1.22. The van der Waals surface area contributed by atoms with Crippen molar-refractivity contribution >= 4 is 5.91 Å². The molecule has 1 fully saturated rings. The number of carbonyl (C=O) groups is 1. The van der Waals surface area contributed by atoms with E-state index in [0.717, 1.165) is 35.7 Å². The Bertz CT molecular complexity index is 1180. The van der Waals surface area contributed by atoms with Crippen molar-refractivity contribution in [2.24, 2.45) is 0 Å². The minimum atomic E-state index is -4.51. The second-order valence-corrected chi connectivity index (χ2v) is 7.24. The van der Waals surface area contributed by atoms with Crippen molar-refractivity contribution < 1.29 is 22.4 Å². The molecule has 31 heavy (non-hydrogen) atoms. The lowest BCUT2D eigenvalue weighted by Crippen LogP contribution is -2.32. The van der Waals surface area contributed by atoms with Gasteiger partial charge in [0.1, 0.15) is 5.82 Å². The number of hydrogen-bond acceptors (Lipinski definition) is 3. The lowest BCUT2D eigenvalue weighted by molar-refractivity contribution is -0.137. The summed E-state index contributed by atoms with van der Waals surface area (Å²) in [5.74, 6) is -1.15. The molecule has 10 heteroatoms. The Morgan fingerprint density at radius 1 is 1.13 bits per heavy atom. The van der Waals surface area contributed by atoms with Crippen molar-refractivity contribution in [3.05, 3.63) is 76.0 Å². The Hall–Kier alpha value is -3.43. The summed E-state index contributed by atoms with van der Waals surface area (Å²) >= 11 is 0. The number of carbonyl (C=O) groups excluding carboxylic acids is 1. The highest BCUT2D eigenvalue weighted by Crippen LogP contribution is 2.37. The van der Waals surface area contributed by atoms with Crippen molar-refractivity contribution in [2.45, 2.75) is 31.6 Å². The molecule has 1 aliphatic rings. The van der Waals surface area contributed by atoms with E-state index >= 15 is 0 Å². The zero-order valence-corrected chi connectivity index (χ0v) is 16.2. The van der Waals surface area contributed by atoms with E-state index in [-0.39, 0.29) is 36.1 Å². The Kier molecular flexibility index (Phi) is 5.38. The van der Waals surface area contributed by atoms with Crippen LogP contribution in [0, 0.1) is 5.82 Å². The molecule has 0 aliphatic heterocycles. The molecule has 1 N–H and O–H groups in total. The smallest absolute Gasteiger partial charge is 0.350 e. The molecule has 0 spiro atoms. The first-order chi connectivity index (χ1) is 14.8. The molecule has 0 atom stereocenters. The molecule has 1 saturated carbocycles. The van der Waals surface area contributed by atoms with Crippen LogP contribution in [0.2, 0.25) is 0 Å². The van der Waals surface area contributed by atoms with Crippen LogP contribution in [0.1, 0.15) is 34.8 Å². The van der Waals surface area contributed by atoms with Gasteiger partial charge in [-0.05, 0) is 37.1 Å². The largest absolute Gasteiger partial charge is 0.416 e. The number of amides is 1. The van der Waals surface area contributed by atoms with Gasteiger partial charge in [-0.3, -0.25) is 9.36 Å². The van der Waals surface area contributed by atoms with Gasteiger partial charge in [0.2, 0.25) is 0 Å². The first-order valence-electron chi connectivity index (χ1n) is 9.65. The number of nitrogens with zero attached hydrogens (tertiary/aromatic N) is 3. The van der Waals surface area contributed by atoms with Gasteiger partial charge in [-0.15, -0.1) is 5.10 Å². The summed E-state index contributed by atoms with van der Waals surface area (Å²) in [6, 6.07) is 10.0. The van der Waals surface area contributed by atoms with Crippen LogP contribution in [0.5, 0.6) is 0 Å². The highest BCUT2D eigenvalue weighted by molar-refractivity contribution is 5.94. The molecule has 162 valence electrons. The molecule has 4 rings (SSSR count). The summed E-state index contributed by atoms with van der Waals surface area (Å²) in [6.45, 7) is -0.0124. The first-order valence-corrected chi connectivity index (χ1v) is 9.65. The SMILES string of the molecule is O=C(NCCn1nc(-c2cccc(C(F)(F)F)c2)n(C2CC2)c1=O)c1ccccc1F. The molecule has 3 aromatic rings. The standard InChI is InChI=1S/C21H18F4N4O2/c22-17-7-2-1-6-16(17)19(30)26-10-11-28-20(31)29(15-8-9-15)18(27-28)13-4-3-5-14(12-13)21(23,24)25/h1-7,12,15H,8-11H2,(H,26,30). The topological polar surface area (TPSA) is 68.9 Å². The number of aromatic nitrogens is 3. The minimum Gasteiger partial charge on any atom is -0.350 e. The van der Waals surface area contributed by atoms with Crippen LogP contribution in [0.15, 0.2) is 53.3 Å². The monoisotopic (exact) mass is 434 g/mol. The maximum atomic E-state index is 13.7. The fourth-order valence-electron chi connectivity index (χ4n) is 3.28. The van der Waals surface area contributed by atoms with Gasteiger partial charge in [-0.25, -0.2) is 13.9 Å². The summed E-state index contributed by atoms with van der Waals surface area (Å²) in [6.07, 6.45) is -3.04. The quantitative estimate of drug-likeness (QED) is 0.603. The van der Waals surface area contributed by atoms with Gasteiger partial charge in [0, 0.05) is 18.2 Å². The Labute approximate surface area is 174 Å². The van der Waals surface area contributed by atoms with Gasteiger partial charge in [0.05, 0.1) is 17.7 Å². The lowest BCUT2D eigenvalue weighted by atomic mass is 10.1. The van der Waals surface area contributed by atoms with Gasteiger partial charge >= 0.3 is 11.9 Å². The zero-order valence-electron chi connectivity index (χ0n) is 16.2. The highest BCUT2D eigenvalue weighted by atomic mass is 19.4. The van der Waals surface area contributed by atoms with E-state index in [1.54, 1.807) is 0 Å². The van der Waals surface area contributed by atoms with Crippen molar-refractivity contribution in [3.8, 4) is 11.4 Å². The Balaban J connectivity index is 1.56. The lowest BCUT2D eigenvalue weighted by Gasteiger charge is -2.09. The molecule has 6 nitrogen and oxygen atoms in total. The third-order valence-corrected chi connectivity index (χ3v) is 4.96. The van der Waals surface area contributed by atoms with Crippen LogP contribution in [-0.2, 0) is 12.7 Å². The van der Waals surface area contributed by atoms with Crippen LogP contribution in [0.4, 0.5) is 17.6 Å². The summed E-state index contributed by atoms with van der Waals surface area (Å²) < 4.78 is 55.5. The van der Waals surface area contributed by atoms with E-state index in [1.165, 1.54) is 34.9 Å². The number of nitrogens with one attached hydrogen (secondary N) is 1. The maximum Gasteiger partial charge on any atom is 0.416 e. The normalized spacial score (nSPS) is 13.9. The van der Waals surface area contributed by atoms with Crippen molar-refractivity contribution in [1.82, 2.24) is 19.7 Å². The third kappa shape index (κ3) is 4.37. The van der Waals surface area contributed by atoms with Crippen LogP contribution >= 0.6 is 0 Å². The van der Waals surface area contributed by atoms with E-state index in [2.05, 4.69) is 10.4 Å². The molecule has 0 radical (unpaired) electrons. The molecular weight excluding hydrogens is 416 g/mol. The molecule has 0 bridgehead atoms. The molecule has 0 unspecified atom stereocenters. The molecule has 2 aromatic carbocycles. The maximum absolute atomic E-state index is 13.7. The van der Waals surface area contributed by atoms with Crippen LogP contribution in [0.3, 0.4) is 0 Å². The van der Waals surface area contributed by atoms with Crippen LogP contribution < -0.4 is 11.0 Å². The van der Waals surface area contributed by atoms with Gasteiger partial charge in [0.25, 0.3) is 5.91 Å². The molecule has 1 aliphatic carbocycles. The summed E-state index contributed by atoms with van der Waals surface area (Å²) in [4.78, 5) is 24.9. The van der Waals surface area contributed by atoms with Gasteiger partial charge in [0.15, 0.2) is 5.82 Å². The fraction of sp³-hybridized carbons (Fsp3) is 0.286. The van der Waals surface area contributed by atoms with E-state index in [4.69, 9.17) is 0 Å². The predicted octanol–water partition coefficient (Wildman–Crippen LogP) is 3.63. The van der Waals surface area contributed by atoms with Crippen molar-refractivity contribution in [1.29, 1.82) is 0 Å². The van der Waals surface area contributed by atoms with Gasteiger partial charge in [-0.2, -0.15) is 13.2 Å². The molecule has 1 amide bonds. The average molecular weight is 434 g/mol. The Morgan fingerprint density at radius 2 is 1.87 bits per heavy atom. The van der Waals surface area contributed by atoms with Gasteiger partial charge in [-0.1, -0.05) is 24.3 Å². The van der Waals surface area contributed by atoms with Crippen LogP contribution in [-0.4, -0.2) is 26.8 Å². The van der Waals surface area contributed by atoms with E-state index in [9.17, 15) is 27.2 Å². The first kappa shape index (κ1) is 20.8. The Morgan fingerprint density at radius 3 is 2.55 bits per heavy atom. The van der Waals surface area contributed by atoms with Gasteiger partial charge < -0.3 is 5.32 Å².